The van der Waals surface area contributed by atoms with Crippen LogP contribution < -0.4 is 5.32 Å². The van der Waals surface area contributed by atoms with E-state index in [4.69, 9.17) is 18.4 Å². The van der Waals surface area contributed by atoms with Gasteiger partial charge in [-0.3, -0.25) is 4.18 Å². The number of aryl methyl sites for hydroxylation is 1. The summed E-state index contributed by atoms with van der Waals surface area (Å²) < 4.78 is 46.0. The Kier molecular flexibility index (Phi) is 20.7. The summed E-state index contributed by atoms with van der Waals surface area (Å²) in [7, 11) is -2.39. The van der Waals surface area contributed by atoms with Crippen LogP contribution in [0.4, 0.5) is 9.59 Å². The maximum absolute atomic E-state index is 12.3. The van der Waals surface area contributed by atoms with Crippen LogP contribution in [0.5, 0.6) is 0 Å². The first-order chi connectivity index (χ1) is 22.2. The fourth-order valence-corrected chi connectivity index (χ4v) is 6.27. The summed E-state index contributed by atoms with van der Waals surface area (Å²) >= 11 is 0. The van der Waals surface area contributed by atoms with E-state index in [1.54, 1.807) is 12.1 Å². The van der Waals surface area contributed by atoms with Crippen molar-refractivity contribution in [3.8, 4) is 0 Å². The molecule has 0 aliphatic carbocycles. The summed E-state index contributed by atoms with van der Waals surface area (Å²) in [5.41, 5.74) is 0.942. The second-order valence-electron chi connectivity index (χ2n) is 12.6. The Bertz CT molecular complexity index is 1070. The van der Waals surface area contributed by atoms with Crippen LogP contribution in [0.1, 0.15) is 115 Å². The van der Waals surface area contributed by atoms with Gasteiger partial charge in [-0.2, -0.15) is 8.42 Å². The predicted molar refractivity (Wildman–Crippen MR) is 180 cm³/mol. The van der Waals surface area contributed by atoms with Crippen LogP contribution in [0.25, 0.3) is 0 Å². The summed E-state index contributed by atoms with van der Waals surface area (Å²) in [5, 5.41) is 2.83. The molecule has 264 valence electrons. The topological polar surface area (TPSA) is 120 Å². The molecule has 1 N–H and O–H groups in total. The number of nitrogens with zero attached hydrogens (tertiary/aromatic N) is 1. The molecule has 0 saturated carbocycles. The van der Waals surface area contributed by atoms with Gasteiger partial charge in [-0.05, 0) is 31.9 Å². The van der Waals surface area contributed by atoms with E-state index in [9.17, 15) is 18.0 Å². The normalized spacial score (nSPS) is 16.3. The molecule has 2 atom stereocenters. The second-order valence-corrected chi connectivity index (χ2v) is 14.2. The van der Waals surface area contributed by atoms with Crippen molar-refractivity contribution in [1.82, 2.24) is 10.2 Å². The average Bonchev–Trinajstić information content (AvgIpc) is 3.50. The van der Waals surface area contributed by atoms with Gasteiger partial charge < -0.3 is 24.4 Å². The molecule has 0 unspecified atom stereocenters. The lowest BCUT2D eigenvalue weighted by atomic mass is 10.0. The Morgan fingerprint density at radius 2 is 1.41 bits per heavy atom. The number of hydrogen-bond donors (Lipinski definition) is 1. The van der Waals surface area contributed by atoms with E-state index in [0.29, 0.717) is 19.6 Å². The largest absolute Gasteiger partial charge is 0.449 e. The lowest BCUT2D eigenvalue weighted by Crippen LogP contribution is -2.33. The van der Waals surface area contributed by atoms with Crippen LogP contribution >= 0.6 is 0 Å². The minimum atomic E-state index is -3.90. The third kappa shape index (κ3) is 18.1. The number of carbonyl (C=O) groups excluding carboxylic acids is 2. The van der Waals surface area contributed by atoms with Crippen molar-refractivity contribution >= 4 is 22.3 Å². The van der Waals surface area contributed by atoms with Crippen molar-refractivity contribution in [2.24, 2.45) is 5.92 Å². The van der Waals surface area contributed by atoms with Gasteiger partial charge in [0, 0.05) is 26.1 Å². The van der Waals surface area contributed by atoms with Gasteiger partial charge in [0.25, 0.3) is 10.1 Å². The molecule has 10 nitrogen and oxygen atoms in total. The van der Waals surface area contributed by atoms with Gasteiger partial charge >= 0.3 is 12.2 Å². The van der Waals surface area contributed by atoms with Crippen LogP contribution in [0.2, 0.25) is 0 Å². The average molecular weight is 669 g/mol. The highest BCUT2D eigenvalue weighted by atomic mass is 32.2. The Labute approximate surface area is 278 Å². The zero-order valence-corrected chi connectivity index (χ0v) is 29.5. The molecule has 2 rings (SSSR count). The molecule has 0 aromatic heterocycles. The van der Waals surface area contributed by atoms with E-state index < -0.39 is 22.3 Å². The fraction of sp³-hybridized carbons (Fsp3) is 0.771. The summed E-state index contributed by atoms with van der Waals surface area (Å²) in [6.45, 7) is 5.34. The summed E-state index contributed by atoms with van der Waals surface area (Å²) in [4.78, 5) is 25.7. The molecule has 1 fully saturated rings. The first kappa shape index (κ1) is 39.8. The molecule has 1 aliphatic rings. The van der Waals surface area contributed by atoms with Gasteiger partial charge in [-0.25, -0.2) is 9.59 Å². The maximum atomic E-state index is 12.3. The zero-order chi connectivity index (χ0) is 33.5. The van der Waals surface area contributed by atoms with Crippen LogP contribution in [-0.4, -0.2) is 78.2 Å². The number of alkyl carbamates (subject to hydrolysis) is 1. The van der Waals surface area contributed by atoms with Crippen LogP contribution in [0, 0.1) is 12.8 Å². The summed E-state index contributed by atoms with van der Waals surface area (Å²) in [5.74, 6) is 0.0401. The number of ether oxygens (including phenoxy) is 3. The number of rotatable bonds is 25. The summed E-state index contributed by atoms with van der Waals surface area (Å²) in [6, 6.07) is 6.35. The zero-order valence-electron chi connectivity index (χ0n) is 28.6. The van der Waals surface area contributed by atoms with Gasteiger partial charge in [-0.1, -0.05) is 115 Å². The molecule has 1 aliphatic heterocycles. The first-order valence-corrected chi connectivity index (χ1v) is 19.0. The van der Waals surface area contributed by atoms with E-state index >= 15 is 0 Å². The molecular weight excluding hydrogens is 608 g/mol. The lowest BCUT2D eigenvalue weighted by molar-refractivity contribution is 0.0299. The van der Waals surface area contributed by atoms with Crippen molar-refractivity contribution in [2.45, 2.75) is 128 Å². The van der Waals surface area contributed by atoms with Crippen LogP contribution in [0.15, 0.2) is 29.2 Å². The van der Waals surface area contributed by atoms with Crippen molar-refractivity contribution in [1.29, 1.82) is 0 Å². The highest BCUT2D eigenvalue weighted by Gasteiger charge is 2.28. The van der Waals surface area contributed by atoms with Crippen molar-refractivity contribution in [3.63, 3.8) is 0 Å². The van der Waals surface area contributed by atoms with Gasteiger partial charge in [0.1, 0.15) is 6.61 Å². The first-order valence-electron chi connectivity index (χ1n) is 17.6. The molecule has 1 aromatic carbocycles. The Hall–Kier alpha value is -2.37. The smallest absolute Gasteiger partial charge is 0.409 e. The molecule has 11 heteroatoms. The molecule has 0 spiro atoms. The van der Waals surface area contributed by atoms with E-state index in [0.717, 1.165) is 18.4 Å². The SMILES string of the molecule is CCCCCCCCCCCCCCCCCNC(=O)OC[C@@H]1CO[C@@H](COC(=O)N(C)CCOS(=O)(=O)c2ccc(C)cc2)C1. The number of nitrogens with one attached hydrogen (secondary N) is 1. The lowest BCUT2D eigenvalue weighted by Gasteiger charge is -2.18. The minimum Gasteiger partial charge on any atom is -0.449 e. The maximum Gasteiger partial charge on any atom is 0.409 e. The van der Waals surface area contributed by atoms with Gasteiger partial charge in [-0.15, -0.1) is 0 Å². The molecule has 1 heterocycles. The van der Waals surface area contributed by atoms with Crippen molar-refractivity contribution < 1.29 is 36.4 Å². The highest BCUT2D eigenvalue weighted by Crippen LogP contribution is 2.21. The molecule has 1 aromatic rings. The van der Waals surface area contributed by atoms with E-state index in [-0.39, 0.29) is 43.3 Å². The number of benzene rings is 1. The molecule has 46 heavy (non-hydrogen) atoms. The standard InChI is InChI=1S/C35H60N2O8S/c1-4-5-6-7-8-9-10-11-12-13-14-15-16-17-18-23-36-34(38)43-28-31-26-32(42-27-31)29-44-35(39)37(3)24-25-45-46(40,41)33-21-19-30(2)20-22-33/h19-22,31-32H,4-18,23-29H2,1-3H3,(H,36,38)/t31-,32+/m0/s1. The molecule has 2 amide bonds. The Morgan fingerprint density at radius 1 is 0.848 bits per heavy atom. The van der Waals surface area contributed by atoms with Crippen molar-refractivity contribution in [3.05, 3.63) is 29.8 Å². The summed E-state index contributed by atoms with van der Waals surface area (Å²) in [6.07, 6.45) is 19.0. The molecule has 0 radical (unpaired) electrons. The number of hydrogen-bond acceptors (Lipinski definition) is 8. The van der Waals surface area contributed by atoms with E-state index in [1.807, 2.05) is 6.92 Å². The van der Waals surface area contributed by atoms with Gasteiger partial charge in [0.2, 0.25) is 0 Å². The second kappa shape index (κ2) is 23.9. The van der Waals surface area contributed by atoms with Gasteiger partial charge in [0.15, 0.2) is 0 Å². The number of likely N-dealkylation sites (N-methyl/N-ethyl adjacent to an activating group) is 1. The number of amides is 2. The van der Waals surface area contributed by atoms with Crippen LogP contribution in [-0.2, 0) is 28.5 Å². The fourth-order valence-electron chi connectivity index (χ4n) is 5.37. The number of unbranched alkanes of at least 4 members (excludes halogenated alkanes) is 14. The number of carbonyl (C=O) groups is 2. The van der Waals surface area contributed by atoms with Gasteiger partial charge in [0.05, 0.1) is 30.8 Å². The highest BCUT2D eigenvalue weighted by molar-refractivity contribution is 7.86. The molecule has 0 bridgehead atoms. The Morgan fingerprint density at radius 3 is 2.00 bits per heavy atom. The predicted octanol–water partition coefficient (Wildman–Crippen LogP) is 7.77. The Balaban J connectivity index is 1.41. The molecular formula is C35H60N2O8S. The minimum absolute atomic E-state index is 0.0401. The quantitative estimate of drug-likeness (QED) is 0.0829. The third-order valence-electron chi connectivity index (χ3n) is 8.34. The van der Waals surface area contributed by atoms with E-state index in [1.165, 1.54) is 108 Å². The molecule has 1 saturated heterocycles. The third-order valence-corrected chi connectivity index (χ3v) is 9.67. The van der Waals surface area contributed by atoms with E-state index in [2.05, 4.69) is 12.2 Å². The van der Waals surface area contributed by atoms with Crippen molar-refractivity contribution in [2.75, 3.05) is 46.6 Å². The monoisotopic (exact) mass is 668 g/mol. The van der Waals surface area contributed by atoms with Crippen LogP contribution in [0.3, 0.4) is 0 Å².